The first-order valence-corrected chi connectivity index (χ1v) is 7.56. The van der Waals surface area contributed by atoms with E-state index in [0.29, 0.717) is 11.6 Å². The molecule has 4 nitrogen and oxygen atoms in total. The highest BCUT2D eigenvalue weighted by Crippen LogP contribution is 2.24. The van der Waals surface area contributed by atoms with Crippen molar-refractivity contribution in [2.24, 2.45) is 0 Å². The van der Waals surface area contributed by atoms with Crippen molar-refractivity contribution in [3.05, 3.63) is 62.0 Å². The first-order valence-electron chi connectivity index (χ1n) is 6.30. The van der Waals surface area contributed by atoms with E-state index in [9.17, 15) is 10.1 Å². The van der Waals surface area contributed by atoms with Crippen LogP contribution >= 0.6 is 22.9 Å². The van der Waals surface area contributed by atoms with Crippen molar-refractivity contribution in [2.75, 3.05) is 0 Å². The predicted molar refractivity (Wildman–Crippen MR) is 82.3 cm³/mol. The van der Waals surface area contributed by atoms with Crippen molar-refractivity contribution < 1.29 is 4.92 Å². The second-order valence-electron chi connectivity index (χ2n) is 4.45. The highest BCUT2D eigenvalue weighted by Gasteiger charge is 2.12. The van der Waals surface area contributed by atoms with Crippen LogP contribution in [0, 0.1) is 10.1 Å². The SMILES string of the molecule is CCC(NCc1csc([N+](=O)[O-])c1)c1cccc(Cl)c1. The molecule has 2 rings (SSSR count). The van der Waals surface area contributed by atoms with Gasteiger partial charge in [0.1, 0.15) is 0 Å². The quantitative estimate of drug-likeness (QED) is 0.629. The van der Waals surface area contributed by atoms with Gasteiger partial charge in [0.25, 0.3) is 0 Å². The highest BCUT2D eigenvalue weighted by molar-refractivity contribution is 7.13. The Morgan fingerprint density at radius 2 is 2.25 bits per heavy atom. The minimum absolute atomic E-state index is 0.178. The van der Waals surface area contributed by atoms with E-state index < -0.39 is 0 Å². The van der Waals surface area contributed by atoms with E-state index in [1.165, 1.54) is 0 Å². The zero-order chi connectivity index (χ0) is 14.5. The van der Waals surface area contributed by atoms with Crippen LogP contribution in [0.5, 0.6) is 0 Å². The molecule has 2 aromatic rings. The molecular weight excluding hydrogens is 296 g/mol. The Balaban J connectivity index is 2.01. The standard InChI is InChI=1S/C14H15ClN2O2S/c1-2-13(11-4-3-5-12(15)7-11)16-8-10-6-14(17(18)19)20-9-10/h3-7,9,13,16H,2,8H2,1H3. The van der Waals surface area contributed by atoms with Gasteiger partial charge in [-0.15, -0.1) is 0 Å². The Morgan fingerprint density at radius 3 is 2.85 bits per heavy atom. The zero-order valence-electron chi connectivity index (χ0n) is 11.0. The van der Waals surface area contributed by atoms with Crippen molar-refractivity contribution in [1.82, 2.24) is 5.32 Å². The number of nitrogens with one attached hydrogen (secondary N) is 1. The molecule has 0 fully saturated rings. The fourth-order valence-corrected chi connectivity index (χ4v) is 2.94. The minimum atomic E-state index is -0.359. The van der Waals surface area contributed by atoms with Crippen LogP contribution in [0.3, 0.4) is 0 Å². The van der Waals surface area contributed by atoms with Gasteiger partial charge in [-0.05, 0) is 29.7 Å². The molecule has 20 heavy (non-hydrogen) atoms. The molecular formula is C14H15ClN2O2S. The first kappa shape index (κ1) is 15.0. The lowest BCUT2D eigenvalue weighted by Gasteiger charge is -2.17. The maximum absolute atomic E-state index is 10.6. The van der Waals surface area contributed by atoms with E-state index in [-0.39, 0.29) is 16.0 Å². The largest absolute Gasteiger partial charge is 0.324 e. The van der Waals surface area contributed by atoms with E-state index in [0.717, 1.165) is 28.9 Å². The number of benzene rings is 1. The van der Waals surface area contributed by atoms with Crippen molar-refractivity contribution in [3.63, 3.8) is 0 Å². The normalized spacial score (nSPS) is 12.3. The van der Waals surface area contributed by atoms with Gasteiger partial charge in [0.05, 0.1) is 4.92 Å². The van der Waals surface area contributed by atoms with Gasteiger partial charge in [-0.3, -0.25) is 10.1 Å². The minimum Gasteiger partial charge on any atom is -0.306 e. The van der Waals surface area contributed by atoms with Crippen LogP contribution in [-0.2, 0) is 6.54 Å². The monoisotopic (exact) mass is 310 g/mol. The zero-order valence-corrected chi connectivity index (χ0v) is 12.6. The van der Waals surface area contributed by atoms with E-state index in [4.69, 9.17) is 11.6 Å². The Kier molecular flexibility index (Phi) is 5.11. The number of nitrogens with zero attached hydrogens (tertiary/aromatic N) is 1. The Bertz CT molecular complexity index is 600. The van der Waals surface area contributed by atoms with Gasteiger partial charge in [0, 0.05) is 29.1 Å². The van der Waals surface area contributed by atoms with E-state index in [1.54, 1.807) is 6.07 Å². The second-order valence-corrected chi connectivity index (χ2v) is 5.77. The van der Waals surface area contributed by atoms with Gasteiger partial charge in [0.2, 0.25) is 0 Å². The predicted octanol–water partition coefficient (Wildman–Crippen LogP) is 4.55. The Labute approximate surface area is 126 Å². The third-order valence-electron chi connectivity index (χ3n) is 3.03. The molecule has 0 saturated carbocycles. The summed E-state index contributed by atoms with van der Waals surface area (Å²) in [6, 6.07) is 9.55. The van der Waals surface area contributed by atoms with Gasteiger partial charge in [-0.1, -0.05) is 42.0 Å². The summed E-state index contributed by atoms with van der Waals surface area (Å²) < 4.78 is 0. The van der Waals surface area contributed by atoms with Crippen molar-refractivity contribution in [1.29, 1.82) is 0 Å². The lowest BCUT2D eigenvalue weighted by atomic mass is 10.0. The fourth-order valence-electron chi connectivity index (χ4n) is 2.01. The number of halogens is 1. The maximum atomic E-state index is 10.6. The Hall–Kier alpha value is -1.43. The number of rotatable bonds is 6. The van der Waals surface area contributed by atoms with Gasteiger partial charge in [-0.2, -0.15) is 0 Å². The molecule has 6 heteroatoms. The van der Waals surface area contributed by atoms with Crippen LogP contribution in [0.1, 0.15) is 30.5 Å². The van der Waals surface area contributed by atoms with Crippen molar-refractivity contribution >= 4 is 27.9 Å². The summed E-state index contributed by atoms with van der Waals surface area (Å²) in [7, 11) is 0. The molecule has 0 aliphatic heterocycles. The summed E-state index contributed by atoms with van der Waals surface area (Å²) in [4.78, 5) is 10.3. The molecule has 1 atom stereocenters. The Morgan fingerprint density at radius 1 is 1.45 bits per heavy atom. The maximum Gasteiger partial charge on any atom is 0.324 e. The average molecular weight is 311 g/mol. The summed E-state index contributed by atoms with van der Waals surface area (Å²) in [6.45, 7) is 2.70. The smallest absolute Gasteiger partial charge is 0.306 e. The molecule has 0 spiro atoms. The van der Waals surface area contributed by atoms with Gasteiger partial charge in [-0.25, -0.2) is 0 Å². The van der Waals surface area contributed by atoms with Crippen molar-refractivity contribution in [3.8, 4) is 0 Å². The molecule has 0 bridgehead atoms. The van der Waals surface area contributed by atoms with Crippen LogP contribution in [0.4, 0.5) is 5.00 Å². The van der Waals surface area contributed by atoms with Gasteiger partial charge < -0.3 is 5.32 Å². The molecule has 106 valence electrons. The lowest BCUT2D eigenvalue weighted by Crippen LogP contribution is -2.19. The van der Waals surface area contributed by atoms with E-state index >= 15 is 0 Å². The summed E-state index contributed by atoms with van der Waals surface area (Å²) >= 11 is 7.16. The molecule has 1 unspecified atom stereocenters. The molecule has 1 aromatic heterocycles. The number of hydrogen-bond donors (Lipinski definition) is 1. The molecule has 0 radical (unpaired) electrons. The van der Waals surface area contributed by atoms with E-state index in [2.05, 4.69) is 12.2 Å². The van der Waals surface area contributed by atoms with Crippen LogP contribution in [0.25, 0.3) is 0 Å². The molecule has 0 saturated heterocycles. The molecule has 1 N–H and O–H groups in total. The van der Waals surface area contributed by atoms with Crippen molar-refractivity contribution in [2.45, 2.75) is 25.9 Å². The number of hydrogen-bond acceptors (Lipinski definition) is 4. The van der Waals surface area contributed by atoms with Crippen LogP contribution in [-0.4, -0.2) is 4.92 Å². The molecule has 0 amide bonds. The van der Waals surface area contributed by atoms with E-state index in [1.807, 2.05) is 29.6 Å². The molecule has 1 aromatic carbocycles. The first-order chi connectivity index (χ1) is 9.60. The van der Waals surface area contributed by atoms with Crippen LogP contribution in [0.15, 0.2) is 35.7 Å². The lowest BCUT2D eigenvalue weighted by molar-refractivity contribution is -0.380. The van der Waals surface area contributed by atoms with Crippen LogP contribution < -0.4 is 5.32 Å². The molecule has 0 aliphatic rings. The summed E-state index contributed by atoms with van der Waals surface area (Å²) in [5, 5.41) is 16.8. The van der Waals surface area contributed by atoms with Gasteiger partial charge >= 0.3 is 5.00 Å². The number of nitro groups is 1. The topological polar surface area (TPSA) is 55.2 Å². The third-order valence-corrected chi connectivity index (χ3v) is 4.20. The molecule has 0 aliphatic carbocycles. The summed E-state index contributed by atoms with van der Waals surface area (Å²) in [5.41, 5.74) is 2.06. The van der Waals surface area contributed by atoms with Crippen LogP contribution in [0.2, 0.25) is 5.02 Å². The third kappa shape index (κ3) is 3.79. The fraction of sp³-hybridized carbons (Fsp3) is 0.286. The second kappa shape index (κ2) is 6.83. The summed E-state index contributed by atoms with van der Waals surface area (Å²) in [5.74, 6) is 0. The highest BCUT2D eigenvalue weighted by atomic mass is 35.5. The number of thiophene rings is 1. The average Bonchev–Trinajstić information content (AvgIpc) is 2.88. The summed E-state index contributed by atoms with van der Waals surface area (Å²) in [6.07, 6.45) is 0.923. The van der Waals surface area contributed by atoms with Gasteiger partial charge in [0.15, 0.2) is 0 Å². The molecule has 1 heterocycles.